The van der Waals surface area contributed by atoms with Crippen molar-refractivity contribution in [3.05, 3.63) is 65.7 Å². The molecule has 6 nitrogen and oxygen atoms in total. The van der Waals surface area contributed by atoms with Crippen molar-refractivity contribution in [2.24, 2.45) is 11.8 Å². The van der Waals surface area contributed by atoms with E-state index in [1.54, 1.807) is 0 Å². The van der Waals surface area contributed by atoms with E-state index in [0.29, 0.717) is 25.6 Å². The largest absolute Gasteiger partial charge is 0.349 e. The second kappa shape index (κ2) is 11.1. The summed E-state index contributed by atoms with van der Waals surface area (Å²) in [5, 5.41) is 6.84. The van der Waals surface area contributed by atoms with Crippen molar-refractivity contribution in [1.29, 1.82) is 0 Å². The Morgan fingerprint density at radius 1 is 1.08 bits per heavy atom. The number of piperazine rings is 1. The minimum atomic E-state index is -0.203. The first kappa shape index (κ1) is 26.4. The van der Waals surface area contributed by atoms with E-state index in [0.717, 1.165) is 36.2 Å². The molecule has 0 radical (unpaired) electrons. The highest BCUT2D eigenvalue weighted by Crippen LogP contribution is 2.32. The summed E-state index contributed by atoms with van der Waals surface area (Å²) in [5.41, 5.74) is 3.05. The topological polar surface area (TPSA) is 64.7 Å². The third-order valence-corrected chi connectivity index (χ3v) is 7.70. The summed E-state index contributed by atoms with van der Waals surface area (Å²) in [6.45, 7) is 13.3. The highest BCUT2D eigenvalue weighted by molar-refractivity contribution is 5.96. The quantitative estimate of drug-likeness (QED) is 0.607. The molecule has 0 bridgehead atoms. The third kappa shape index (κ3) is 5.98. The van der Waals surface area contributed by atoms with E-state index in [1.807, 2.05) is 41.3 Å². The van der Waals surface area contributed by atoms with Crippen LogP contribution in [0.3, 0.4) is 0 Å². The van der Waals surface area contributed by atoms with Crippen molar-refractivity contribution in [2.45, 2.75) is 65.1 Å². The van der Waals surface area contributed by atoms with Gasteiger partial charge in [-0.05, 0) is 56.7 Å². The Balaban J connectivity index is 1.45. The molecule has 0 aliphatic carbocycles. The highest BCUT2D eigenvalue weighted by Gasteiger charge is 2.44. The average molecular weight is 491 g/mol. The molecule has 2 fully saturated rings. The molecule has 0 saturated carbocycles. The number of para-hydroxylation sites is 1. The molecule has 2 aliphatic heterocycles. The van der Waals surface area contributed by atoms with Gasteiger partial charge in [0, 0.05) is 36.9 Å². The maximum Gasteiger partial charge on any atom is 0.241 e. The second-order valence-corrected chi connectivity index (χ2v) is 11.6. The Labute approximate surface area is 216 Å². The van der Waals surface area contributed by atoms with E-state index in [1.165, 1.54) is 0 Å². The maximum absolute atomic E-state index is 13.4. The number of aryl methyl sites for hydroxylation is 1. The zero-order valence-corrected chi connectivity index (χ0v) is 22.5. The molecular formula is C30H42N4O2. The van der Waals surface area contributed by atoms with Crippen LogP contribution in [0.15, 0.2) is 54.6 Å². The monoisotopic (exact) mass is 490 g/mol. The molecule has 6 heteroatoms. The summed E-state index contributed by atoms with van der Waals surface area (Å²) < 4.78 is 0. The lowest BCUT2D eigenvalue weighted by atomic mass is 9.88. The van der Waals surface area contributed by atoms with Gasteiger partial charge < -0.3 is 15.5 Å². The van der Waals surface area contributed by atoms with E-state index in [9.17, 15) is 9.59 Å². The summed E-state index contributed by atoms with van der Waals surface area (Å²) in [7, 11) is 0. The van der Waals surface area contributed by atoms with E-state index in [-0.39, 0.29) is 35.4 Å². The van der Waals surface area contributed by atoms with Gasteiger partial charge in [-0.1, -0.05) is 62.4 Å². The van der Waals surface area contributed by atoms with Gasteiger partial charge in [-0.2, -0.15) is 0 Å². The van der Waals surface area contributed by atoms with Crippen molar-refractivity contribution in [1.82, 2.24) is 15.5 Å². The average Bonchev–Trinajstić information content (AvgIpc) is 2.85. The van der Waals surface area contributed by atoms with E-state index >= 15 is 0 Å². The Hall–Kier alpha value is -2.70. The van der Waals surface area contributed by atoms with Gasteiger partial charge in [0.1, 0.15) is 0 Å². The fourth-order valence-corrected chi connectivity index (χ4v) is 5.80. The lowest BCUT2D eigenvalue weighted by molar-refractivity contribution is -0.129. The standard InChI is InChI=1S/C30H42N4O2/c1-21(2)15-26(23-12-7-6-8-13-23)32-29(36)24-16-25(18-31-17-24)34-19-28(35)33(20-30(34,4)5)27-14-10-9-11-22(27)3/h6-14,21,24-26,31H,15-20H2,1-5H3,(H,32,36)/t24-,25+,26+/m0/s1. The number of benzene rings is 2. The van der Waals surface area contributed by atoms with Gasteiger partial charge in [-0.25, -0.2) is 0 Å². The van der Waals surface area contributed by atoms with Gasteiger partial charge in [0.05, 0.1) is 18.5 Å². The smallest absolute Gasteiger partial charge is 0.241 e. The maximum atomic E-state index is 13.4. The minimum absolute atomic E-state index is 0.00903. The molecule has 2 aliphatic rings. The Bertz CT molecular complexity index is 1050. The van der Waals surface area contributed by atoms with Gasteiger partial charge in [0.25, 0.3) is 0 Å². The first-order valence-corrected chi connectivity index (χ1v) is 13.3. The van der Waals surface area contributed by atoms with Crippen LogP contribution in [0.2, 0.25) is 0 Å². The number of anilines is 1. The summed E-state index contributed by atoms with van der Waals surface area (Å²) in [6, 6.07) is 18.5. The van der Waals surface area contributed by atoms with Crippen LogP contribution in [-0.4, -0.2) is 54.5 Å². The molecule has 4 rings (SSSR count). The van der Waals surface area contributed by atoms with Crippen molar-refractivity contribution < 1.29 is 9.59 Å². The molecule has 2 N–H and O–H groups in total. The van der Waals surface area contributed by atoms with Crippen molar-refractivity contribution in [2.75, 3.05) is 31.1 Å². The lowest BCUT2D eigenvalue weighted by Gasteiger charge is -2.51. The van der Waals surface area contributed by atoms with Crippen molar-refractivity contribution in [3.8, 4) is 0 Å². The summed E-state index contributed by atoms with van der Waals surface area (Å²) >= 11 is 0. The van der Waals surface area contributed by atoms with Crippen LogP contribution in [0.5, 0.6) is 0 Å². The fourth-order valence-electron chi connectivity index (χ4n) is 5.80. The number of hydrogen-bond acceptors (Lipinski definition) is 4. The normalized spacial score (nSPS) is 23.5. The third-order valence-electron chi connectivity index (χ3n) is 7.70. The Kier molecular flexibility index (Phi) is 8.16. The van der Waals surface area contributed by atoms with Gasteiger partial charge in [0.2, 0.25) is 11.8 Å². The Morgan fingerprint density at radius 3 is 2.47 bits per heavy atom. The zero-order valence-electron chi connectivity index (χ0n) is 22.5. The fraction of sp³-hybridized carbons (Fsp3) is 0.533. The summed E-state index contributed by atoms with van der Waals surface area (Å²) in [5.74, 6) is 0.576. The van der Waals surface area contributed by atoms with Crippen LogP contribution in [-0.2, 0) is 9.59 Å². The first-order chi connectivity index (χ1) is 17.2. The highest BCUT2D eigenvalue weighted by atomic mass is 16.2. The van der Waals surface area contributed by atoms with Crippen LogP contribution >= 0.6 is 0 Å². The van der Waals surface area contributed by atoms with Gasteiger partial charge in [-0.3, -0.25) is 14.5 Å². The number of rotatable bonds is 7. The molecule has 0 unspecified atom stereocenters. The van der Waals surface area contributed by atoms with Crippen LogP contribution < -0.4 is 15.5 Å². The molecule has 2 aromatic rings. The molecule has 2 heterocycles. The summed E-state index contributed by atoms with van der Waals surface area (Å²) in [6.07, 6.45) is 1.66. The van der Waals surface area contributed by atoms with Gasteiger partial charge >= 0.3 is 0 Å². The van der Waals surface area contributed by atoms with Crippen molar-refractivity contribution in [3.63, 3.8) is 0 Å². The molecular weight excluding hydrogens is 448 g/mol. The van der Waals surface area contributed by atoms with Crippen LogP contribution in [0, 0.1) is 18.8 Å². The van der Waals surface area contributed by atoms with Gasteiger partial charge in [-0.15, -0.1) is 0 Å². The van der Waals surface area contributed by atoms with Crippen LogP contribution in [0.1, 0.15) is 57.7 Å². The molecule has 194 valence electrons. The van der Waals surface area contributed by atoms with E-state index in [4.69, 9.17) is 0 Å². The molecule has 0 aromatic heterocycles. The number of nitrogens with one attached hydrogen (secondary N) is 2. The lowest BCUT2D eigenvalue weighted by Crippen LogP contribution is -2.67. The number of nitrogens with zero attached hydrogens (tertiary/aromatic N) is 2. The number of carbonyl (C=O) groups excluding carboxylic acids is 2. The van der Waals surface area contributed by atoms with Crippen LogP contribution in [0.4, 0.5) is 5.69 Å². The van der Waals surface area contributed by atoms with Crippen molar-refractivity contribution >= 4 is 17.5 Å². The molecule has 36 heavy (non-hydrogen) atoms. The number of piperidine rings is 1. The summed E-state index contributed by atoms with van der Waals surface area (Å²) in [4.78, 5) is 31.0. The first-order valence-electron chi connectivity index (χ1n) is 13.3. The number of hydrogen-bond donors (Lipinski definition) is 2. The minimum Gasteiger partial charge on any atom is -0.349 e. The SMILES string of the molecule is Cc1ccccc1N1CC(C)(C)N([C@H]2CNC[C@@H](C(=O)N[C@H](CC(C)C)c3ccccc3)C2)CC1=O. The predicted octanol–water partition coefficient (Wildman–Crippen LogP) is 4.30. The molecule has 3 atom stereocenters. The van der Waals surface area contributed by atoms with Gasteiger partial charge in [0.15, 0.2) is 0 Å². The van der Waals surface area contributed by atoms with E-state index in [2.05, 4.69) is 68.4 Å². The molecule has 2 aromatic carbocycles. The Morgan fingerprint density at radius 2 is 1.78 bits per heavy atom. The molecule has 2 amide bonds. The molecule has 0 spiro atoms. The number of amides is 2. The van der Waals surface area contributed by atoms with E-state index < -0.39 is 0 Å². The van der Waals surface area contributed by atoms with Crippen LogP contribution in [0.25, 0.3) is 0 Å². The number of carbonyl (C=O) groups is 2. The second-order valence-electron chi connectivity index (χ2n) is 11.6. The zero-order chi connectivity index (χ0) is 25.9. The predicted molar refractivity (Wildman–Crippen MR) is 146 cm³/mol. The molecule has 2 saturated heterocycles.